The van der Waals surface area contributed by atoms with E-state index in [9.17, 15) is 32.7 Å². The quantitative estimate of drug-likeness (QED) is 0.215. The van der Waals surface area contributed by atoms with E-state index < -0.39 is 62.2 Å². The molecule has 4 fully saturated rings. The van der Waals surface area contributed by atoms with Crippen LogP contribution >= 0.6 is 0 Å². The summed E-state index contributed by atoms with van der Waals surface area (Å²) in [7, 11) is -1.99. The number of carbonyl (C=O) groups is 2. The fraction of sp³-hybridized carbons (Fsp3) is 0.708. The number of amides is 3. The summed E-state index contributed by atoms with van der Waals surface area (Å²) in [6, 6.07) is -0.848. The smallest absolute Gasteiger partial charge is 0.334 e. The van der Waals surface area contributed by atoms with Gasteiger partial charge in [-0.2, -0.15) is 0 Å². The Labute approximate surface area is 224 Å². The summed E-state index contributed by atoms with van der Waals surface area (Å²) in [5, 5.41) is 18.3. The predicted molar refractivity (Wildman–Crippen MR) is 138 cm³/mol. The van der Waals surface area contributed by atoms with Crippen LogP contribution in [-0.4, -0.2) is 94.6 Å². The topological polar surface area (TPSA) is 198 Å². The molecule has 14 nitrogen and oxygen atoms in total. The van der Waals surface area contributed by atoms with Crippen LogP contribution in [0.4, 0.5) is 4.79 Å². The Morgan fingerprint density at radius 1 is 1.15 bits per heavy atom. The number of nitrogens with one attached hydrogen (secondary N) is 1. The molecule has 2 aliphatic carbocycles. The zero-order chi connectivity index (χ0) is 28.5. The lowest BCUT2D eigenvalue weighted by Gasteiger charge is -2.58. The lowest BCUT2D eigenvalue weighted by Crippen LogP contribution is -2.65. The summed E-state index contributed by atoms with van der Waals surface area (Å²) in [6.07, 6.45) is 4.08. The number of amidine groups is 1. The Kier molecular flexibility index (Phi) is 6.44. The van der Waals surface area contributed by atoms with Crippen LogP contribution in [0.5, 0.6) is 5.88 Å². The van der Waals surface area contributed by atoms with Gasteiger partial charge in [0.15, 0.2) is 0 Å². The molecule has 2 spiro atoms. The van der Waals surface area contributed by atoms with Gasteiger partial charge in [-0.3, -0.25) is 29.0 Å². The van der Waals surface area contributed by atoms with Crippen molar-refractivity contribution in [1.82, 2.24) is 18.9 Å². The van der Waals surface area contributed by atoms with Crippen LogP contribution in [0.25, 0.3) is 0 Å². The van der Waals surface area contributed by atoms with Crippen LogP contribution in [-0.2, 0) is 25.9 Å². The Morgan fingerprint density at radius 2 is 1.77 bits per heavy atom. The highest BCUT2D eigenvalue weighted by Crippen LogP contribution is 2.62. The zero-order valence-electron chi connectivity index (χ0n) is 22.0. The molecule has 0 unspecified atom stereocenters. The number of ether oxygens (including phenoxy) is 1. The van der Waals surface area contributed by atoms with Crippen molar-refractivity contribution in [1.29, 1.82) is 5.41 Å². The molecule has 3 heterocycles. The number of carbonyl (C=O) groups excluding carboxylic acids is 2. The van der Waals surface area contributed by atoms with E-state index >= 15 is 0 Å². The van der Waals surface area contributed by atoms with Gasteiger partial charge >= 0.3 is 11.7 Å². The van der Waals surface area contributed by atoms with Gasteiger partial charge in [-0.15, -0.1) is 0 Å². The molecule has 15 heteroatoms. The summed E-state index contributed by atoms with van der Waals surface area (Å²) in [5.41, 5.74) is 2.17. The molecule has 0 atom stereocenters. The van der Waals surface area contributed by atoms with Gasteiger partial charge in [0, 0.05) is 38.4 Å². The molecule has 1 aromatic rings. The molecule has 4 N–H and O–H groups in total. The average Bonchev–Trinajstić information content (AvgIpc) is 2.97. The third-order valence-corrected chi connectivity index (χ3v) is 9.83. The third kappa shape index (κ3) is 4.35. The molecule has 0 bridgehead atoms. The van der Waals surface area contributed by atoms with Crippen LogP contribution < -0.4 is 17.0 Å². The first-order valence-electron chi connectivity index (χ1n) is 13.0. The van der Waals surface area contributed by atoms with E-state index in [1.54, 1.807) is 4.90 Å². The second kappa shape index (κ2) is 9.18. The number of rotatable bonds is 7. The van der Waals surface area contributed by atoms with Crippen molar-refractivity contribution >= 4 is 27.6 Å². The number of hydrogen-bond donors (Lipinski definition) is 3. The van der Waals surface area contributed by atoms with Gasteiger partial charge in [0.05, 0.1) is 19.0 Å². The normalized spacial score (nSPS) is 29.2. The second-order valence-electron chi connectivity index (χ2n) is 11.6. The van der Waals surface area contributed by atoms with Gasteiger partial charge in [-0.1, -0.05) is 0 Å². The Balaban J connectivity index is 1.38. The molecule has 5 rings (SSSR count). The van der Waals surface area contributed by atoms with Crippen molar-refractivity contribution in [2.24, 2.45) is 17.1 Å². The zero-order valence-corrected chi connectivity index (χ0v) is 22.8. The summed E-state index contributed by atoms with van der Waals surface area (Å²) in [4.78, 5) is 55.4. The third-order valence-electron chi connectivity index (χ3n) is 8.90. The van der Waals surface area contributed by atoms with E-state index in [1.807, 2.05) is 0 Å². The van der Waals surface area contributed by atoms with E-state index in [1.165, 1.54) is 11.9 Å². The number of sulfone groups is 1. The molecule has 2 aliphatic heterocycles. The van der Waals surface area contributed by atoms with Crippen molar-refractivity contribution in [2.45, 2.75) is 56.7 Å². The first-order valence-corrected chi connectivity index (χ1v) is 15.0. The Bertz CT molecular complexity index is 1460. The van der Waals surface area contributed by atoms with Gasteiger partial charge in [0.2, 0.25) is 5.88 Å². The highest BCUT2D eigenvalue weighted by Gasteiger charge is 2.68. The number of aromatic hydroxyl groups is 1. The molecule has 214 valence electrons. The first-order chi connectivity index (χ1) is 18.2. The maximum absolute atomic E-state index is 13.3. The molecular formula is C24H34N6O8S. The summed E-state index contributed by atoms with van der Waals surface area (Å²) >= 11 is 0. The highest BCUT2D eigenvalue weighted by molar-refractivity contribution is 7.90. The number of nitrogen functional groups attached to an aromatic ring is 1. The molecule has 39 heavy (non-hydrogen) atoms. The summed E-state index contributed by atoms with van der Waals surface area (Å²) in [5.74, 6) is -1.99. The number of aromatic nitrogens is 2. The molecule has 2 saturated heterocycles. The fourth-order valence-electron chi connectivity index (χ4n) is 6.81. The minimum Gasteiger partial charge on any atom is -0.494 e. The van der Waals surface area contributed by atoms with Crippen LogP contribution in [0.2, 0.25) is 0 Å². The van der Waals surface area contributed by atoms with Gasteiger partial charge in [-0.25, -0.2) is 18.0 Å². The van der Waals surface area contributed by atoms with Crippen LogP contribution in [0.3, 0.4) is 0 Å². The number of likely N-dealkylation sites (N-methyl/N-ethyl adjacent to an activating group) is 1. The maximum atomic E-state index is 13.3. The lowest BCUT2D eigenvalue weighted by molar-refractivity contribution is -0.152. The van der Waals surface area contributed by atoms with Crippen molar-refractivity contribution in [3.8, 4) is 5.88 Å². The predicted octanol–water partition coefficient (Wildman–Crippen LogP) is -0.781. The van der Waals surface area contributed by atoms with Crippen LogP contribution in [0, 0.1) is 16.7 Å². The van der Waals surface area contributed by atoms with E-state index in [4.69, 9.17) is 15.9 Å². The minimum absolute atomic E-state index is 0.199. The van der Waals surface area contributed by atoms with Gasteiger partial charge < -0.3 is 20.5 Å². The second-order valence-corrected chi connectivity index (χ2v) is 13.9. The van der Waals surface area contributed by atoms with Crippen molar-refractivity contribution < 1.29 is 27.9 Å². The molecule has 3 amide bonds. The molecular weight excluding hydrogens is 532 g/mol. The van der Waals surface area contributed by atoms with E-state index in [0.29, 0.717) is 58.3 Å². The first kappa shape index (κ1) is 27.4. The van der Waals surface area contributed by atoms with E-state index in [2.05, 4.69) is 0 Å². The average molecular weight is 567 g/mol. The minimum atomic E-state index is -3.49. The highest BCUT2D eigenvalue weighted by atomic mass is 32.2. The number of imide groups is 1. The number of nitrogens with two attached hydrogens (primary N) is 1. The molecule has 0 radical (unpaired) electrons. The van der Waals surface area contributed by atoms with Gasteiger partial charge in [0.1, 0.15) is 26.8 Å². The van der Waals surface area contributed by atoms with Crippen molar-refractivity contribution in [2.75, 3.05) is 38.8 Å². The van der Waals surface area contributed by atoms with E-state index in [0.717, 1.165) is 15.4 Å². The molecule has 2 saturated carbocycles. The number of nitrogens with zero attached hydrogens (tertiary/aromatic N) is 4. The SMILES string of the molecule is CN1C(=O)N(CC2COC2)C2(CC3(CCC(n4c(=O)c(C(=N)N)c(O)n(CCS(C)(=O)=O)c4=O)CC3)C2)C1=O. The van der Waals surface area contributed by atoms with Gasteiger partial charge in [0.25, 0.3) is 11.5 Å². The van der Waals surface area contributed by atoms with Crippen molar-refractivity contribution in [3.63, 3.8) is 0 Å². The Morgan fingerprint density at radius 3 is 2.28 bits per heavy atom. The standard InChI is InChI=1S/C24H34N6O8S/c1-27-20(33)24(29(21(27)34)9-14-10-38-11-14)12-23(13-24)5-3-15(4-6-23)30-19(32)16(17(25)26)18(31)28(22(30)35)7-8-39(2,36)37/h14-15,31H,3-13H2,1-2H3,(H3,25,26). The van der Waals surface area contributed by atoms with E-state index in [-0.39, 0.29) is 23.3 Å². The van der Waals surface area contributed by atoms with Crippen LogP contribution in [0.1, 0.15) is 50.1 Å². The number of urea groups is 1. The van der Waals surface area contributed by atoms with Crippen LogP contribution in [0.15, 0.2) is 9.59 Å². The maximum Gasteiger partial charge on any atom is 0.334 e. The summed E-state index contributed by atoms with van der Waals surface area (Å²) < 4.78 is 30.4. The van der Waals surface area contributed by atoms with Gasteiger partial charge in [-0.05, 0) is 43.9 Å². The molecule has 0 aromatic carbocycles. The summed E-state index contributed by atoms with van der Waals surface area (Å²) in [6.45, 7) is 1.21. The largest absolute Gasteiger partial charge is 0.494 e. The lowest BCUT2D eigenvalue weighted by atomic mass is 9.51. The Hall–Kier alpha value is -3.20. The molecule has 4 aliphatic rings. The fourth-order valence-corrected chi connectivity index (χ4v) is 7.33. The van der Waals surface area contributed by atoms with Crippen molar-refractivity contribution in [3.05, 3.63) is 26.4 Å². The molecule has 1 aromatic heterocycles. The number of hydrogen-bond acceptors (Lipinski definition) is 9. The monoisotopic (exact) mass is 566 g/mol.